The Labute approximate surface area is 413 Å². The molecular weight excluding hydrogens is 1000 g/mol. The number of aryl methyl sites for hydroxylation is 1. The third-order valence-electron chi connectivity index (χ3n) is 13.8. The number of rotatable bonds is 9. The lowest BCUT2D eigenvalue weighted by molar-refractivity contribution is -0.144. The molecule has 6 heterocycles. The Morgan fingerprint density at radius 2 is 1.31 bits per heavy atom. The van der Waals surface area contributed by atoms with Crippen LogP contribution in [0.1, 0.15) is 133 Å². The highest BCUT2D eigenvalue weighted by atomic mass is 19.4. The molecule has 0 spiro atoms. The Morgan fingerprint density at radius 1 is 0.743 bits per heavy atom. The zero-order chi connectivity index (χ0) is 54.3. The topological polar surface area (TPSA) is 138 Å². The van der Waals surface area contributed by atoms with Crippen molar-refractivity contribution < 1.29 is 67.3 Å². The summed E-state index contributed by atoms with van der Waals surface area (Å²) < 4.78 is 173. The fourth-order valence-electron chi connectivity index (χ4n) is 9.87. The van der Waals surface area contributed by atoms with Crippen molar-refractivity contribution in [3.63, 3.8) is 0 Å². The number of aromatic nitrogens is 5. The van der Waals surface area contributed by atoms with Crippen LogP contribution in [-0.2, 0) is 47.3 Å². The fraction of sp³-hybridized carbons (Fsp3) is 0.346. The number of esters is 1. The van der Waals surface area contributed by atoms with E-state index in [2.05, 4.69) is 15.3 Å². The van der Waals surface area contributed by atoms with E-state index in [9.17, 15) is 67.4 Å². The Bertz CT molecular complexity index is 3470. The van der Waals surface area contributed by atoms with E-state index in [1.807, 2.05) is 13.8 Å². The van der Waals surface area contributed by atoms with Gasteiger partial charge in [0.15, 0.2) is 0 Å². The van der Waals surface area contributed by atoms with E-state index < -0.39 is 83.0 Å². The molecule has 0 saturated carbocycles. The number of benzene rings is 2. The summed E-state index contributed by atoms with van der Waals surface area (Å²) in [7, 11) is 1.17. The number of H-pyrrole nitrogens is 2. The van der Waals surface area contributed by atoms with Gasteiger partial charge in [-0.3, -0.25) is 14.2 Å². The molecule has 0 amide bonds. The normalized spacial score (nSPS) is 16.8. The van der Waals surface area contributed by atoms with Crippen LogP contribution >= 0.6 is 0 Å². The lowest BCUT2D eigenvalue weighted by Crippen LogP contribution is -2.22. The number of allylic oxidation sites excluding steroid dienone is 4. The van der Waals surface area contributed by atoms with Crippen molar-refractivity contribution in [1.82, 2.24) is 29.8 Å². The van der Waals surface area contributed by atoms with Gasteiger partial charge >= 0.3 is 30.7 Å². The van der Waals surface area contributed by atoms with Gasteiger partial charge in [-0.15, -0.1) is 0 Å². The summed E-state index contributed by atoms with van der Waals surface area (Å²) in [6.45, 7) is 8.97. The van der Waals surface area contributed by atoms with Crippen molar-refractivity contribution in [2.45, 2.75) is 110 Å². The summed E-state index contributed by atoms with van der Waals surface area (Å²) in [5.74, 6) is -1.97. The minimum absolute atomic E-state index is 0.0175. The minimum Gasteiger partial charge on any atom is -0.494 e. The largest absolute Gasteiger partial charge is 0.494 e. The van der Waals surface area contributed by atoms with Gasteiger partial charge in [-0.05, 0) is 129 Å². The van der Waals surface area contributed by atoms with Crippen LogP contribution in [0.3, 0.4) is 0 Å². The quantitative estimate of drug-likeness (QED) is 0.0852. The molecule has 22 heteroatoms. The molecule has 0 fully saturated rings. The van der Waals surface area contributed by atoms with Gasteiger partial charge in [0.25, 0.3) is 5.56 Å². The summed E-state index contributed by atoms with van der Waals surface area (Å²) in [6.07, 6.45) is -20.4. The fourth-order valence-corrected chi connectivity index (χ4v) is 9.87. The molecule has 2 atom stereocenters. The van der Waals surface area contributed by atoms with E-state index in [0.717, 1.165) is 0 Å². The Morgan fingerprint density at radius 3 is 1.85 bits per heavy atom. The smallest absolute Gasteiger partial charge is 0.416 e. The number of pyridine rings is 1. The molecule has 3 aliphatic rings. The van der Waals surface area contributed by atoms with Gasteiger partial charge in [0, 0.05) is 53.0 Å². The molecule has 392 valence electrons. The number of hydrogen-bond acceptors (Lipinski definition) is 7. The van der Waals surface area contributed by atoms with Gasteiger partial charge in [0.05, 0.1) is 74.6 Å². The molecule has 0 unspecified atom stereocenters. The van der Waals surface area contributed by atoms with Crippen molar-refractivity contribution in [3.8, 4) is 5.88 Å². The Balaban J connectivity index is 1.45. The third kappa shape index (κ3) is 9.93. The molecule has 4 N–H and O–H groups in total. The average Bonchev–Trinajstić information content (AvgIpc) is 4.00. The third-order valence-corrected chi connectivity index (χ3v) is 13.8. The number of nitrogens with zero attached hydrogens (tertiary/aromatic N) is 3. The van der Waals surface area contributed by atoms with Gasteiger partial charge in [-0.25, -0.2) is 9.97 Å². The molecule has 10 nitrogen and oxygen atoms in total. The van der Waals surface area contributed by atoms with Crippen LogP contribution in [0, 0.1) is 6.92 Å². The summed E-state index contributed by atoms with van der Waals surface area (Å²) >= 11 is 0. The number of carbonyl (C=O) groups excluding carboxylic acids is 1. The Hall–Kier alpha value is -7.26. The maximum absolute atomic E-state index is 14.7. The van der Waals surface area contributed by atoms with Crippen molar-refractivity contribution in [2.24, 2.45) is 0 Å². The molecule has 2 aromatic carbocycles. The SMILES string of the molecule is CC[C@H]1c2cc3[nH]c4c(c5nc(cc6nc(cc([nH]2)[C@@H]1C)C(=C(C)NCc1cc(C(F)(F)F)cc(C(F)(F)F)c1)C=6C)C(C)=C5CCC(=O)OC)c(O)n(Cc1cc(C(F)(F)F)cc(C(F)(F)F)c1)c(=O)c4c3C. The van der Waals surface area contributed by atoms with Crippen LogP contribution in [-0.4, -0.2) is 42.7 Å². The molecule has 0 saturated heterocycles. The van der Waals surface area contributed by atoms with Crippen LogP contribution in [0.5, 0.6) is 5.88 Å². The first-order chi connectivity index (χ1) is 34.4. The number of ether oxygens (including phenoxy) is 1. The maximum atomic E-state index is 14.7. The number of aromatic hydroxyl groups is 1. The first kappa shape index (κ1) is 53.0. The molecule has 3 aromatic heterocycles. The highest BCUT2D eigenvalue weighted by Gasteiger charge is 2.39. The van der Waals surface area contributed by atoms with E-state index in [0.29, 0.717) is 96.8 Å². The molecule has 5 aromatic rings. The first-order valence-corrected chi connectivity index (χ1v) is 23.0. The van der Waals surface area contributed by atoms with Crippen molar-refractivity contribution >= 4 is 50.1 Å². The van der Waals surface area contributed by atoms with Gasteiger partial charge in [-0.1, -0.05) is 13.8 Å². The average molecular weight is 1050 g/mol. The van der Waals surface area contributed by atoms with Gasteiger partial charge < -0.3 is 25.1 Å². The van der Waals surface area contributed by atoms with Crippen molar-refractivity contribution in [2.75, 3.05) is 7.11 Å². The summed E-state index contributed by atoms with van der Waals surface area (Å²) in [5, 5.41) is 15.4. The number of methoxy groups -OCH3 is 1. The molecule has 8 bridgehead atoms. The van der Waals surface area contributed by atoms with E-state index in [4.69, 9.17) is 14.7 Å². The molecule has 3 aliphatic heterocycles. The molecule has 74 heavy (non-hydrogen) atoms. The van der Waals surface area contributed by atoms with Crippen molar-refractivity contribution in [3.05, 3.63) is 143 Å². The molecule has 0 aliphatic carbocycles. The maximum Gasteiger partial charge on any atom is 0.416 e. The molecular formula is C52H46F12N6O4. The second-order valence-electron chi connectivity index (χ2n) is 18.5. The zero-order valence-corrected chi connectivity index (χ0v) is 40.4. The second-order valence-corrected chi connectivity index (χ2v) is 18.5. The number of alkyl halides is 12. The van der Waals surface area contributed by atoms with Crippen LogP contribution in [0.2, 0.25) is 0 Å². The number of carbonyl (C=O) groups is 1. The van der Waals surface area contributed by atoms with E-state index in [1.54, 1.807) is 45.9 Å². The number of hydrogen-bond donors (Lipinski definition) is 4. The van der Waals surface area contributed by atoms with Crippen LogP contribution < -0.4 is 16.2 Å². The second kappa shape index (κ2) is 18.9. The Kier molecular flexibility index (Phi) is 13.5. The summed E-state index contributed by atoms with van der Waals surface area (Å²) in [6, 6.07) is 7.24. The molecule has 0 radical (unpaired) electrons. The highest BCUT2D eigenvalue weighted by molar-refractivity contribution is 6.10. The van der Waals surface area contributed by atoms with Crippen LogP contribution in [0.25, 0.3) is 44.1 Å². The number of halogens is 12. The monoisotopic (exact) mass is 1050 g/mol. The predicted molar refractivity (Wildman–Crippen MR) is 251 cm³/mol. The number of fused-ring (bicyclic) bond motifs is 8. The summed E-state index contributed by atoms with van der Waals surface area (Å²) in [5.41, 5.74) is -3.61. The predicted octanol–water partition coefficient (Wildman–Crippen LogP) is 12.8. The van der Waals surface area contributed by atoms with Crippen molar-refractivity contribution in [1.29, 1.82) is 0 Å². The summed E-state index contributed by atoms with van der Waals surface area (Å²) in [4.78, 5) is 44.0. The lowest BCUT2D eigenvalue weighted by atomic mass is 9.89. The van der Waals surface area contributed by atoms with Crippen LogP contribution in [0.4, 0.5) is 52.7 Å². The number of aromatic amines is 2. The first-order valence-electron chi connectivity index (χ1n) is 23.0. The minimum atomic E-state index is -5.23. The van der Waals surface area contributed by atoms with Gasteiger partial charge in [-0.2, -0.15) is 52.7 Å². The molecule has 8 rings (SSSR count). The standard InChI is InChI=1S/C52H46F12N6O4/c1-8-33-22(2)35-19-40-42(26(6)65-20-27-11-29(49(53,54)55)15-30(12-27)50(56,57)58)24(4)37(67-40)17-36-23(3)34(9-10-41(71)74-7)45(68-36)44-46-43(25(5)38(69-46)18-39(33)66-35)47(72)70(48(44)73)21-28-13-31(51(59,60)61)16-32(14-28)52(62,63)64/h11-19,22,33,65-66,69,73H,8-10,20-21H2,1-7H3/t22-,33-/m1/s1. The van der Waals surface area contributed by atoms with Gasteiger partial charge in [0.2, 0.25) is 5.88 Å². The van der Waals surface area contributed by atoms with Gasteiger partial charge in [0.1, 0.15) is 0 Å². The lowest BCUT2D eigenvalue weighted by Gasteiger charge is -2.17. The van der Waals surface area contributed by atoms with Crippen LogP contribution in [0.15, 0.2) is 65.1 Å². The highest BCUT2D eigenvalue weighted by Crippen LogP contribution is 2.44. The zero-order valence-electron chi connectivity index (χ0n) is 40.4. The van der Waals surface area contributed by atoms with E-state index in [-0.39, 0.29) is 70.1 Å². The van der Waals surface area contributed by atoms with E-state index in [1.165, 1.54) is 7.11 Å². The number of nitrogens with one attached hydrogen (secondary N) is 3. The van der Waals surface area contributed by atoms with E-state index >= 15 is 0 Å².